The summed E-state index contributed by atoms with van der Waals surface area (Å²) in [6.45, 7) is 1.65. The van der Waals surface area contributed by atoms with Crippen molar-refractivity contribution in [2.24, 2.45) is 5.10 Å². The Morgan fingerprint density at radius 3 is 2.19 bits per heavy atom. The van der Waals surface area contributed by atoms with Crippen LogP contribution in [-0.4, -0.2) is 27.1 Å². The molecule has 7 nitrogen and oxygen atoms in total. The number of anilines is 1. The zero-order valence-corrected chi connectivity index (χ0v) is 19.4. The molecule has 1 amide bonds. The molecule has 2 N–H and O–H groups in total. The number of halogens is 2. The predicted octanol–water partition coefficient (Wildman–Crippen LogP) is 4.96. The number of benzene rings is 3. The minimum Gasteiger partial charge on any atom is -0.497 e. The molecule has 0 saturated carbocycles. The molecule has 0 aliphatic carbocycles. The molecular formula is C22H19Cl2N3O4S. The van der Waals surface area contributed by atoms with Gasteiger partial charge in [0.1, 0.15) is 10.6 Å². The average molecular weight is 492 g/mol. The van der Waals surface area contributed by atoms with Gasteiger partial charge in [-0.15, -0.1) is 0 Å². The Bertz CT molecular complexity index is 1260. The molecular weight excluding hydrogens is 473 g/mol. The molecule has 0 fully saturated rings. The molecule has 0 aromatic heterocycles. The summed E-state index contributed by atoms with van der Waals surface area (Å²) in [5.74, 6) is 0.394. The topological polar surface area (TPSA) is 96.9 Å². The fourth-order valence-corrected chi connectivity index (χ4v) is 4.29. The molecule has 0 bridgehead atoms. The molecule has 0 atom stereocenters. The van der Waals surface area contributed by atoms with E-state index in [-0.39, 0.29) is 20.8 Å². The maximum absolute atomic E-state index is 12.5. The fraction of sp³-hybridized carbons (Fsp3) is 0.0909. The van der Waals surface area contributed by atoms with Crippen molar-refractivity contribution in [3.63, 3.8) is 0 Å². The lowest BCUT2D eigenvalue weighted by atomic mass is 10.1. The Labute approximate surface area is 196 Å². The molecule has 166 valence electrons. The molecule has 0 heterocycles. The van der Waals surface area contributed by atoms with Crippen LogP contribution in [0.25, 0.3) is 0 Å². The van der Waals surface area contributed by atoms with Crippen molar-refractivity contribution in [1.29, 1.82) is 0 Å². The van der Waals surface area contributed by atoms with Gasteiger partial charge in [0.15, 0.2) is 0 Å². The number of carbonyl (C=O) groups is 1. The van der Waals surface area contributed by atoms with Gasteiger partial charge in [-0.3, -0.25) is 4.79 Å². The highest BCUT2D eigenvalue weighted by atomic mass is 35.5. The van der Waals surface area contributed by atoms with Crippen LogP contribution in [0.1, 0.15) is 22.8 Å². The van der Waals surface area contributed by atoms with Crippen molar-refractivity contribution in [3.05, 3.63) is 87.9 Å². The minimum absolute atomic E-state index is 0.0340. The molecule has 3 aromatic carbocycles. The van der Waals surface area contributed by atoms with Crippen LogP contribution in [0.3, 0.4) is 0 Å². The molecule has 0 aliphatic heterocycles. The lowest BCUT2D eigenvalue weighted by Crippen LogP contribution is -2.20. The summed E-state index contributed by atoms with van der Waals surface area (Å²) < 4.78 is 30.0. The summed E-state index contributed by atoms with van der Waals surface area (Å²) in [5, 5.41) is 7.01. The molecule has 0 unspecified atom stereocenters. The molecule has 0 aliphatic rings. The lowest BCUT2D eigenvalue weighted by Gasteiger charge is -2.09. The van der Waals surface area contributed by atoms with Crippen molar-refractivity contribution in [2.45, 2.75) is 11.8 Å². The third-order valence-electron chi connectivity index (χ3n) is 4.43. The number of rotatable bonds is 7. The molecule has 3 aromatic rings. The number of hydrogen-bond donors (Lipinski definition) is 2. The van der Waals surface area contributed by atoms with Crippen LogP contribution in [0.4, 0.5) is 5.69 Å². The standard InChI is InChI=1S/C22H19Cl2N3O4S/c1-14(26-27-32(29,30)21-13-17(23)7-12-20(21)24)15-3-8-18(9-4-15)25-22(28)16-5-10-19(31-2)11-6-16/h3-13,27H,1-2H3,(H,25,28)/b26-14+. The lowest BCUT2D eigenvalue weighted by molar-refractivity contribution is 0.102. The van der Waals surface area contributed by atoms with Crippen LogP contribution < -0.4 is 14.9 Å². The number of hydrogen-bond acceptors (Lipinski definition) is 5. The molecule has 0 spiro atoms. The van der Waals surface area contributed by atoms with Gasteiger partial charge in [-0.1, -0.05) is 35.3 Å². The van der Waals surface area contributed by atoms with Gasteiger partial charge in [0, 0.05) is 16.3 Å². The van der Waals surface area contributed by atoms with Crippen LogP contribution in [0, 0.1) is 0 Å². The van der Waals surface area contributed by atoms with Gasteiger partial charge in [-0.2, -0.15) is 18.4 Å². The van der Waals surface area contributed by atoms with E-state index >= 15 is 0 Å². The van der Waals surface area contributed by atoms with Crippen molar-refractivity contribution < 1.29 is 17.9 Å². The molecule has 32 heavy (non-hydrogen) atoms. The summed E-state index contributed by atoms with van der Waals surface area (Å²) in [4.78, 5) is 14.3. The Hall–Kier alpha value is -3.07. The number of amides is 1. The quantitative estimate of drug-likeness (QED) is 0.360. The van der Waals surface area contributed by atoms with E-state index in [1.54, 1.807) is 62.6 Å². The highest BCUT2D eigenvalue weighted by Gasteiger charge is 2.18. The maximum atomic E-state index is 12.5. The summed E-state index contributed by atoms with van der Waals surface area (Å²) in [7, 11) is -2.44. The Morgan fingerprint density at radius 1 is 0.938 bits per heavy atom. The van der Waals surface area contributed by atoms with Crippen LogP contribution in [-0.2, 0) is 10.0 Å². The number of hydrazone groups is 1. The van der Waals surface area contributed by atoms with Crippen LogP contribution >= 0.6 is 23.2 Å². The van der Waals surface area contributed by atoms with Gasteiger partial charge in [-0.05, 0) is 67.1 Å². The number of methoxy groups -OCH3 is 1. The van der Waals surface area contributed by atoms with Gasteiger partial charge < -0.3 is 10.1 Å². The van der Waals surface area contributed by atoms with Crippen molar-refractivity contribution in [3.8, 4) is 5.75 Å². The smallest absolute Gasteiger partial charge is 0.278 e. The zero-order chi connectivity index (χ0) is 23.3. The summed E-state index contributed by atoms with van der Waals surface area (Å²) in [6, 6.07) is 17.7. The maximum Gasteiger partial charge on any atom is 0.278 e. The molecule has 0 saturated heterocycles. The number of nitrogens with one attached hydrogen (secondary N) is 2. The van der Waals surface area contributed by atoms with E-state index in [4.69, 9.17) is 27.9 Å². The van der Waals surface area contributed by atoms with Crippen molar-refractivity contribution in [1.82, 2.24) is 4.83 Å². The second-order valence-electron chi connectivity index (χ2n) is 6.63. The molecule has 10 heteroatoms. The normalized spacial score (nSPS) is 11.7. The number of ether oxygens (including phenoxy) is 1. The third kappa shape index (κ3) is 5.79. The largest absolute Gasteiger partial charge is 0.497 e. The fourth-order valence-electron chi connectivity index (χ4n) is 2.67. The minimum atomic E-state index is -4.00. The summed E-state index contributed by atoms with van der Waals surface area (Å²) in [6.07, 6.45) is 0. The summed E-state index contributed by atoms with van der Waals surface area (Å²) in [5.41, 5.74) is 2.14. The van der Waals surface area contributed by atoms with E-state index in [0.717, 1.165) is 0 Å². The van der Waals surface area contributed by atoms with Gasteiger partial charge in [0.05, 0.1) is 17.8 Å². The highest BCUT2D eigenvalue weighted by molar-refractivity contribution is 7.89. The second kappa shape index (κ2) is 10.0. The number of nitrogens with zero attached hydrogens (tertiary/aromatic N) is 1. The molecule has 0 radical (unpaired) electrons. The van der Waals surface area contributed by atoms with Crippen LogP contribution in [0.15, 0.2) is 76.7 Å². The Morgan fingerprint density at radius 2 is 1.56 bits per heavy atom. The van der Waals surface area contributed by atoms with E-state index in [9.17, 15) is 13.2 Å². The predicted molar refractivity (Wildman–Crippen MR) is 126 cm³/mol. The average Bonchev–Trinajstić information content (AvgIpc) is 2.79. The van der Waals surface area contributed by atoms with E-state index in [2.05, 4.69) is 15.2 Å². The zero-order valence-electron chi connectivity index (χ0n) is 17.1. The van der Waals surface area contributed by atoms with Gasteiger partial charge in [0.25, 0.3) is 15.9 Å². The van der Waals surface area contributed by atoms with Crippen molar-refractivity contribution >= 4 is 50.5 Å². The van der Waals surface area contributed by atoms with Crippen molar-refractivity contribution in [2.75, 3.05) is 12.4 Å². The molecule has 3 rings (SSSR count). The third-order valence-corrected chi connectivity index (χ3v) is 6.35. The number of sulfonamides is 1. The summed E-state index contributed by atoms with van der Waals surface area (Å²) >= 11 is 11.8. The first-order valence-electron chi connectivity index (χ1n) is 9.26. The van der Waals surface area contributed by atoms with Gasteiger partial charge in [0.2, 0.25) is 0 Å². The van der Waals surface area contributed by atoms with E-state index in [1.165, 1.54) is 18.2 Å². The first-order chi connectivity index (χ1) is 15.2. The van der Waals surface area contributed by atoms with E-state index < -0.39 is 10.0 Å². The van der Waals surface area contributed by atoms with E-state index in [1.807, 2.05) is 0 Å². The van der Waals surface area contributed by atoms with Gasteiger partial charge >= 0.3 is 0 Å². The van der Waals surface area contributed by atoms with Crippen LogP contribution in [0.5, 0.6) is 5.75 Å². The second-order valence-corrected chi connectivity index (χ2v) is 9.10. The first-order valence-corrected chi connectivity index (χ1v) is 11.5. The number of carbonyl (C=O) groups excluding carboxylic acids is 1. The Kier molecular flexibility index (Phi) is 7.40. The van der Waals surface area contributed by atoms with Gasteiger partial charge in [-0.25, -0.2) is 0 Å². The monoisotopic (exact) mass is 491 g/mol. The first kappa shape index (κ1) is 23.6. The highest BCUT2D eigenvalue weighted by Crippen LogP contribution is 2.25. The Balaban J connectivity index is 1.68. The SMILES string of the molecule is COc1ccc(C(=O)Nc2ccc(/C(C)=N/NS(=O)(=O)c3cc(Cl)ccc3Cl)cc2)cc1. The van der Waals surface area contributed by atoms with E-state index in [0.29, 0.717) is 28.3 Å². The van der Waals surface area contributed by atoms with Crippen LogP contribution in [0.2, 0.25) is 10.0 Å².